The molecule has 0 saturated carbocycles. The van der Waals surface area contributed by atoms with E-state index in [2.05, 4.69) is 13.5 Å². The van der Waals surface area contributed by atoms with Crippen LogP contribution in [0.15, 0.2) is 12.7 Å². The SMILES string of the molecule is C=CCCC(C)CN. The maximum absolute atomic E-state index is 5.38. The fourth-order valence-electron chi connectivity index (χ4n) is 0.520. The maximum atomic E-state index is 5.38. The van der Waals surface area contributed by atoms with Gasteiger partial charge in [0, 0.05) is 0 Å². The Morgan fingerprint density at radius 2 is 2.38 bits per heavy atom. The van der Waals surface area contributed by atoms with Crippen molar-refractivity contribution in [1.29, 1.82) is 0 Å². The van der Waals surface area contributed by atoms with Crippen LogP contribution in [-0.4, -0.2) is 6.54 Å². The van der Waals surface area contributed by atoms with Gasteiger partial charge in [0.1, 0.15) is 0 Å². The van der Waals surface area contributed by atoms with Crippen LogP contribution >= 0.6 is 0 Å². The van der Waals surface area contributed by atoms with Gasteiger partial charge in [-0.15, -0.1) is 6.58 Å². The smallest absolute Gasteiger partial charge is 0.00514 e. The average Bonchev–Trinajstić information content (AvgIpc) is 1.83. The Bertz CT molecular complexity index is 59.4. The molecule has 0 fully saturated rings. The third kappa shape index (κ3) is 3.88. The number of nitrogens with two attached hydrogens (primary N) is 1. The lowest BCUT2D eigenvalue weighted by Gasteiger charge is -2.03. The first-order valence-corrected chi connectivity index (χ1v) is 3.12. The van der Waals surface area contributed by atoms with Crippen molar-refractivity contribution in [1.82, 2.24) is 0 Å². The first kappa shape index (κ1) is 7.70. The minimum Gasteiger partial charge on any atom is -0.330 e. The van der Waals surface area contributed by atoms with Crippen LogP contribution in [-0.2, 0) is 0 Å². The van der Waals surface area contributed by atoms with Crippen LogP contribution in [0.1, 0.15) is 19.8 Å². The predicted octanol–water partition coefficient (Wildman–Crippen LogP) is 1.55. The van der Waals surface area contributed by atoms with Crippen molar-refractivity contribution in [2.75, 3.05) is 6.54 Å². The second-order valence-corrected chi connectivity index (χ2v) is 2.21. The molecule has 0 amide bonds. The standard InChI is InChI=1S/C7H15N/c1-3-4-5-7(2)6-8/h3,7H,1,4-6,8H2,2H3. The van der Waals surface area contributed by atoms with Crippen LogP contribution < -0.4 is 5.73 Å². The van der Waals surface area contributed by atoms with E-state index in [0.717, 1.165) is 13.0 Å². The van der Waals surface area contributed by atoms with Gasteiger partial charge in [0.25, 0.3) is 0 Å². The highest BCUT2D eigenvalue weighted by Crippen LogP contribution is 2.01. The van der Waals surface area contributed by atoms with E-state index < -0.39 is 0 Å². The van der Waals surface area contributed by atoms with Gasteiger partial charge in [-0.05, 0) is 25.3 Å². The van der Waals surface area contributed by atoms with Gasteiger partial charge >= 0.3 is 0 Å². The van der Waals surface area contributed by atoms with E-state index in [1.807, 2.05) is 6.08 Å². The van der Waals surface area contributed by atoms with Gasteiger partial charge in [-0.1, -0.05) is 13.0 Å². The summed E-state index contributed by atoms with van der Waals surface area (Å²) in [5.74, 6) is 0.660. The van der Waals surface area contributed by atoms with Gasteiger partial charge in [-0.25, -0.2) is 0 Å². The highest BCUT2D eigenvalue weighted by atomic mass is 14.5. The van der Waals surface area contributed by atoms with Crippen molar-refractivity contribution in [2.24, 2.45) is 11.7 Å². The fraction of sp³-hybridized carbons (Fsp3) is 0.714. The summed E-state index contributed by atoms with van der Waals surface area (Å²) in [4.78, 5) is 0. The molecule has 0 aromatic heterocycles. The monoisotopic (exact) mass is 113 g/mol. The summed E-state index contributed by atoms with van der Waals surface area (Å²) in [6.07, 6.45) is 4.21. The highest BCUT2D eigenvalue weighted by Gasteiger charge is 1.93. The molecule has 1 unspecified atom stereocenters. The third-order valence-corrected chi connectivity index (χ3v) is 1.27. The molecular weight excluding hydrogens is 98.1 g/mol. The molecule has 0 aromatic rings. The van der Waals surface area contributed by atoms with E-state index in [4.69, 9.17) is 5.73 Å². The number of hydrogen-bond donors (Lipinski definition) is 1. The second kappa shape index (κ2) is 4.85. The molecule has 0 bridgehead atoms. The normalized spacial score (nSPS) is 13.2. The van der Waals surface area contributed by atoms with Gasteiger partial charge < -0.3 is 5.73 Å². The summed E-state index contributed by atoms with van der Waals surface area (Å²) in [5, 5.41) is 0. The molecule has 1 nitrogen and oxygen atoms in total. The first-order chi connectivity index (χ1) is 3.81. The average molecular weight is 113 g/mol. The van der Waals surface area contributed by atoms with Gasteiger partial charge in [0.2, 0.25) is 0 Å². The fourth-order valence-corrected chi connectivity index (χ4v) is 0.520. The Morgan fingerprint density at radius 3 is 2.75 bits per heavy atom. The number of allylic oxidation sites excluding steroid dienone is 1. The van der Waals surface area contributed by atoms with Gasteiger partial charge in [-0.2, -0.15) is 0 Å². The van der Waals surface area contributed by atoms with Crippen LogP contribution in [0.4, 0.5) is 0 Å². The lowest BCUT2D eigenvalue weighted by atomic mass is 10.1. The van der Waals surface area contributed by atoms with Crippen molar-refractivity contribution in [3.8, 4) is 0 Å². The molecule has 0 radical (unpaired) electrons. The summed E-state index contributed by atoms with van der Waals surface area (Å²) in [6.45, 7) is 6.58. The number of rotatable bonds is 4. The van der Waals surface area contributed by atoms with E-state index >= 15 is 0 Å². The minimum atomic E-state index is 0.660. The molecule has 8 heavy (non-hydrogen) atoms. The molecule has 0 aliphatic carbocycles. The van der Waals surface area contributed by atoms with Gasteiger partial charge in [-0.3, -0.25) is 0 Å². The summed E-state index contributed by atoms with van der Waals surface area (Å²) in [5.41, 5.74) is 5.38. The largest absolute Gasteiger partial charge is 0.330 e. The molecule has 1 atom stereocenters. The Morgan fingerprint density at radius 1 is 1.75 bits per heavy atom. The van der Waals surface area contributed by atoms with Crippen LogP contribution in [0.25, 0.3) is 0 Å². The zero-order valence-corrected chi connectivity index (χ0v) is 5.56. The summed E-state index contributed by atoms with van der Waals surface area (Å²) in [7, 11) is 0. The summed E-state index contributed by atoms with van der Waals surface area (Å²) >= 11 is 0. The van der Waals surface area contributed by atoms with E-state index in [1.165, 1.54) is 6.42 Å². The minimum absolute atomic E-state index is 0.660. The Balaban J connectivity index is 2.97. The van der Waals surface area contributed by atoms with E-state index in [9.17, 15) is 0 Å². The molecule has 1 heteroatoms. The zero-order chi connectivity index (χ0) is 6.41. The number of hydrogen-bond acceptors (Lipinski definition) is 1. The molecule has 0 aliphatic heterocycles. The van der Waals surface area contributed by atoms with Crippen molar-refractivity contribution < 1.29 is 0 Å². The van der Waals surface area contributed by atoms with Crippen LogP contribution in [0.2, 0.25) is 0 Å². The molecular formula is C7H15N. The quantitative estimate of drug-likeness (QED) is 0.550. The molecule has 2 N–H and O–H groups in total. The van der Waals surface area contributed by atoms with Crippen LogP contribution in [0, 0.1) is 5.92 Å². The molecule has 0 aromatic carbocycles. The lowest BCUT2D eigenvalue weighted by molar-refractivity contribution is 0.551. The van der Waals surface area contributed by atoms with Crippen LogP contribution in [0.3, 0.4) is 0 Å². The molecule has 48 valence electrons. The Kier molecular flexibility index (Phi) is 4.67. The Labute approximate surface area is 51.6 Å². The zero-order valence-electron chi connectivity index (χ0n) is 5.56. The van der Waals surface area contributed by atoms with Crippen molar-refractivity contribution >= 4 is 0 Å². The van der Waals surface area contributed by atoms with Gasteiger partial charge in [0.05, 0.1) is 0 Å². The third-order valence-electron chi connectivity index (χ3n) is 1.27. The van der Waals surface area contributed by atoms with E-state index in [-0.39, 0.29) is 0 Å². The summed E-state index contributed by atoms with van der Waals surface area (Å²) < 4.78 is 0. The molecule has 0 aliphatic rings. The van der Waals surface area contributed by atoms with Crippen molar-refractivity contribution in [2.45, 2.75) is 19.8 Å². The van der Waals surface area contributed by atoms with Crippen molar-refractivity contribution in [3.05, 3.63) is 12.7 Å². The van der Waals surface area contributed by atoms with E-state index in [0.29, 0.717) is 5.92 Å². The molecule has 0 spiro atoms. The Hall–Kier alpha value is -0.300. The highest BCUT2D eigenvalue weighted by molar-refractivity contribution is 4.67. The van der Waals surface area contributed by atoms with Gasteiger partial charge in [0.15, 0.2) is 0 Å². The van der Waals surface area contributed by atoms with Crippen molar-refractivity contribution in [3.63, 3.8) is 0 Å². The maximum Gasteiger partial charge on any atom is -0.00514 e. The molecule has 0 heterocycles. The molecule has 0 rings (SSSR count). The summed E-state index contributed by atoms with van der Waals surface area (Å²) in [6, 6.07) is 0. The van der Waals surface area contributed by atoms with Crippen LogP contribution in [0.5, 0.6) is 0 Å². The second-order valence-electron chi connectivity index (χ2n) is 2.21. The first-order valence-electron chi connectivity index (χ1n) is 3.12. The molecule has 0 saturated heterocycles. The van der Waals surface area contributed by atoms with E-state index in [1.54, 1.807) is 0 Å². The topological polar surface area (TPSA) is 26.0 Å². The lowest BCUT2D eigenvalue weighted by Crippen LogP contribution is -2.09. The predicted molar refractivity (Wildman–Crippen MR) is 37.6 cm³/mol.